The van der Waals surface area contributed by atoms with Crippen molar-refractivity contribution in [1.29, 1.82) is 0 Å². The van der Waals surface area contributed by atoms with Crippen molar-refractivity contribution in [3.8, 4) is 0 Å². The van der Waals surface area contributed by atoms with Crippen molar-refractivity contribution in [2.45, 2.75) is 44.4 Å². The van der Waals surface area contributed by atoms with E-state index < -0.39 is 0 Å². The third kappa shape index (κ3) is 2.68. The van der Waals surface area contributed by atoms with Gasteiger partial charge in [-0.25, -0.2) is 0 Å². The minimum Gasteiger partial charge on any atom is -0.327 e. The first-order chi connectivity index (χ1) is 5.24. The molecule has 0 aromatic rings. The molecule has 0 heterocycles. The van der Waals surface area contributed by atoms with Crippen LogP contribution in [0.4, 0.5) is 0 Å². The fourth-order valence-electron chi connectivity index (χ4n) is 1.76. The lowest BCUT2D eigenvalue weighted by Gasteiger charge is -2.31. The molecule has 2 N–H and O–H groups in total. The first-order valence-corrected chi connectivity index (χ1v) is 5.66. The molecule has 0 radical (unpaired) electrons. The number of hydrogen-bond acceptors (Lipinski definition) is 2. The fraction of sp³-hybridized carbons (Fsp3) is 1.00. The van der Waals surface area contributed by atoms with E-state index in [1.165, 1.54) is 25.0 Å². The van der Waals surface area contributed by atoms with Gasteiger partial charge in [0.25, 0.3) is 0 Å². The Morgan fingerprint density at radius 3 is 2.82 bits per heavy atom. The van der Waals surface area contributed by atoms with Gasteiger partial charge in [0, 0.05) is 11.3 Å². The van der Waals surface area contributed by atoms with Gasteiger partial charge >= 0.3 is 0 Å². The van der Waals surface area contributed by atoms with Crippen LogP contribution in [0, 0.1) is 5.92 Å². The lowest BCUT2D eigenvalue weighted by Crippen LogP contribution is -2.37. The zero-order valence-corrected chi connectivity index (χ0v) is 8.36. The van der Waals surface area contributed by atoms with Gasteiger partial charge in [-0.05, 0) is 30.9 Å². The van der Waals surface area contributed by atoms with Crippen LogP contribution in [-0.4, -0.2) is 17.0 Å². The van der Waals surface area contributed by atoms with Gasteiger partial charge in [-0.2, -0.15) is 11.8 Å². The fourth-order valence-corrected chi connectivity index (χ4v) is 3.03. The largest absolute Gasteiger partial charge is 0.327 e. The molecule has 1 aliphatic carbocycles. The average Bonchev–Trinajstić information content (AvgIpc) is 1.98. The molecule has 1 fully saturated rings. The van der Waals surface area contributed by atoms with Crippen molar-refractivity contribution in [1.82, 2.24) is 0 Å². The summed E-state index contributed by atoms with van der Waals surface area (Å²) >= 11 is 2.04. The number of hydrogen-bond donors (Lipinski definition) is 1. The number of rotatable bonds is 2. The Kier molecular flexibility index (Phi) is 3.73. The van der Waals surface area contributed by atoms with Crippen molar-refractivity contribution in [2.24, 2.45) is 11.7 Å². The summed E-state index contributed by atoms with van der Waals surface area (Å²) in [6.07, 6.45) is 3.90. The van der Waals surface area contributed by atoms with Gasteiger partial charge in [-0.15, -0.1) is 0 Å². The highest BCUT2D eigenvalue weighted by atomic mass is 32.2. The van der Waals surface area contributed by atoms with E-state index in [1.807, 2.05) is 11.8 Å². The Hall–Kier alpha value is 0.310. The molecule has 66 valence electrons. The standard InChI is InChI=1S/C9H19NS/c1-3-11-9-6-7(2)4-5-8(9)10/h7-9H,3-6,10H2,1-2H3. The van der Waals surface area contributed by atoms with Crippen LogP contribution in [-0.2, 0) is 0 Å². The SMILES string of the molecule is CCSC1CC(C)CCC1N. The molecule has 0 saturated heterocycles. The molecule has 3 atom stereocenters. The van der Waals surface area contributed by atoms with E-state index in [1.54, 1.807) is 0 Å². The Balaban J connectivity index is 2.34. The van der Waals surface area contributed by atoms with Crippen LogP contribution in [0.15, 0.2) is 0 Å². The molecule has 3 unspecified atom stereocenters. The van der Waals surface area contributed by atoms with Crippen molar-refractivity contribution in [2.75, 3.05) is 5.75 Å². The summed E-state index contributed by atoms with van der Waals surface area (Å²) in [6, 6.07) is 0.469. The van der Waals surface area contributed by atoms with E-state index in [0.29, 0.717) is 6.04 Å². The van der Waals surface area contributed by atoms with Crippen LogP contribution in [0.3, 0.4) is 0 Å². The monoisotopic (exact) mass is 173 g/mol. The minimum atomic E-state index is 0.469. The second-order valence-corrected chi connectivity index (χ2v) is 5.09. The van der Waals surface area contributed by atoms with E-state index in [4.69, 9.17) is 5.73 Å². The van der Waals surface area contributed by atoms with Gasteiger partial charge in [0.05, 0.1) is 0 Å². The van der Waals surface area contributed by atoms with Crippen LogP contribution in [0.2, 0.25) is 0 Å². The highest BCUT2D eigenvalue weighted by molar-refractivity contribution is 7.99. The van der Waals surface area contributed by atoms with Crippen LogP contribution in [0.1, 0.15) is 33.1 Å². The van der Waals surface area contributed by atoms with Gasteiger partial charge in [0.2, 0.25) is 0 Å². The number of nitrogens with two attached hydrogens (primary N) is 1. The zero-order chi connectivity index (χ0) is 8.27. The first-order valence-electron chi connectivity index (χ1n) is 4.61. The molecule has 2 heteroatoms. The van der Waals surface area contributed by atoms with Crippen LogP contribution < -0.4 is 5.73 Å². The Labute approximate surface area is 74.1 Å². The second kappa shape index (κ2) is 4.36. The summed E-state index contributed by atoms with van der Waals surface area (Å²) in [7, 11) is 0. The van der Waals surface area contributed by atoms with Gasteiger partial charge in [0.1, 0.15) is 0 Å². The van der Waals surface area contributed by atoms with Gasteiger partial charge < -0.3 is 5.73 Å². The maximum absolute atomic E-state index is 6.01. The second-order valence-electron chi connectivity index (χ2n) is 3.58. The van der Waals surface area contributed by atoms with E-state index >= 15 is 0 Å². The number of thioether (sulfide) groups is 1. The molecule has 0 spiro atoms. The summed E-state index contributed by atoms with van der Waals surface area (Å²) in [5, 5.41) is 0.740. The molecule has 1 saturated carbocycles. The van der Waals surface area contributed by atoms with Crippen LogP contribution in [0.25, 0.3) is 0 Å². The highest BCUT2D eigenvalue weighted by Gasteiger charge is 2.25. The Morgan fingerprint density at radius 1 is 1.45 bits per heavy atom. The molecular formula is C9H19NS. The Bertz CT molecular complexity index is 116. The quantitative estimate of drug-likeness (QED) is 0.693. The zero-order valence-electron chi connectivity index (χ0n) is 7.55. The van der Waals surface area contributed by atoms with Crippen molar-refractivity contribution < 1.29 is 0 Å². The van der Waals surface area contributed by atoms with Gasteiger partial charge in [0.15, 0.2) is 0 Å². The molecule has 0 aliphatic heterocycles. The van der Waals surface area contributed by atoms with Gasteiger partial charge in [-0.1, -0.05) is 13.8 Å². The maximum atomic E-state index is 6.01. The molecular weight excluding hydrogens is 154 g/mol. The molecule has 0 amide bonds. The van der Waals surface area contributed by atoms with E-state index in [9.17, 15) is 0 Å². The lowest BCUT2D eigenvalue weighted by atomic mass is 9.87. The molecule has 1 nitrogen and oxygen atoms in total. The summed E-state index contributed by atoms with van der Waals surface area (Å²) in [6.45, 7) is 4.56. The van der Waals surface area contributed by atoms with E-state index in [0.717, 1.165) is 11.2 Å². The van der Waals surface area contributed by atoms with Crippen molar-refractivity contribution in [3.63, 3.8) is 0 Å². The Morgan fingerprint density at radius 2 is 2.18 bits per heavy atom. The maximum Gasteiger partial charge on any atom is 0.0201 e. The third-order valence-electron chi connectivity index (χ3n) is 2.49. The molecule has 1 rings (SSSR count). The minimum absolute atomic E-state index is 0.469. The molecule has 11 heavy (non-hydrogen) atoms. The summed E-state index contributed by atoms with van der Waals surface area (Å²) < 4.78 is 0. The summed E-state index contributed by atoms with van der Waals surface area (Å²) in [4.78, 5) is 0. The van der Waals surface area contributed by atoms with Crippen molar-refractivity contribution in [3.05, 3.63) is 0 Å². The predicted octanol–water partition coefficient (Wildman–Crippen LogP) is 2.26. The third-order valence-corrected chi connectivity index (χ3v) is 3.79. The smallest absolute Gasteiger partial charge is 0.0201 e. The van der Waals surface area contributed by atoms with E-state index in [-0.39, 0.29) is 0 Å². The molecule has 0 aromatic carbocycles. The molecule has 0 bridgehead atoms. The first kappa shape index (κ1) is 9.40. The predicted molar refractivity (Wildman–Crippen MR) is 52.9 cm³/mol. The van der Waals surface area contributed by atoms with E-state index in [2.05, 4.69) is 13.8 Å². The van der Waals surface area contributed by atoms with Crippen LogP contribution in [0.5, 0.6) is 0 Å². The summed E-state index contributed by atoms with van der Waals surface area (Å²) in [5.74, 6) is 2.12. The normalized spacial score (nSPS) is 39.0. The average molecular weight is 173 g/mol. The molecule has 1 aliphatic rings. The lowest BCUT2D eigenvalue weighted by molar-refractivity contribution is 0.357. The van der Waals surface area contributed by atoms with Gasteiger partial charge in [-0.3, -0.25) is 0 Å². The van der Waals surface area contributed by atoms with Crippen LogP contribution >= 0.6 is 11.8 Å². The highest BCUT2D eigenvalue weighted by Crippen LogP contribution is 2.30. The summed E-state index contributed by atoms with van der Waals surface area (Å²) in [5.41, 5.74) is 6.01. The molecule has 0 aromatic heterocycles. The topological polar surface area (TPSA) is 26.0 Å². The van der Waals surface area contributed by atoms with Crippen molar-refractivity contribution >= 4 is 11.8 Å².